The molecule has 4 rings (SSSR count). The van der Waals surface area contributed by atoms with E-state index in [4.69, 9.17) is 0 Å². The Hall–Kier alpha value is -2.33. The molecule has 0 atom stereocenters. The number of rotatable bonds is 4. The number of piperidine rings is 1. The molecule has 2 aromatic carbocycles. The van der Waals surface area contributed by atoms with Crippen LogP contribution in [0, 0.1) is 0 Å². The van der Waals surface area contributed by atoms with Gasteiger partial charge in [-0.3, -0.25) is 4.79 Å². The Balaban J connectivity index is 1.39. The Morgan fingerprint density at radius 2 is 1.63 bits per heavy atom. The number of carbonyl (C=O) groups is 1. The molecule has 1 saturated heterocycles. The zero-order valence-electron chi connectivity index (χ0n) is 16.3. The summed E-state index contributed by atoms with van der Waals surface area (Å²) in [6.07, 6.45) is 2.45. The van der Waals surface area contributed by atoms with Gasteiger partial charge < -0.3 is 15.1 Å². The van der Waals surface area contributed by atoms with Crippen LogP contribution in [0.4, 0.5) is 5.69 Å². The molecule has 0 spiro atoms. The second-order valence-corrected chi connectivity index (χ2v) is 8.21. The molecule has 2 aromatic rings. The Bertz CT molecular complexity index is 794. The molecule has 2 aliphatic heterocycles. The van der Waals surface area contributed by atoms with Crippen molar-refractivity contribution in [3.8, 4) is 0 Å². The molecule has 0 aliphatic carbocycles. The summed E-state index contributed by atoms with van der Waals surface area (Å²) < 4.78 is 0. The van der Waals surface area contributed by atoms with E-state index in [0.29, 0.717) is 5.92 Å². The van der Waals surface area contributed by atoms with Crippen molar-refractivity contribution in [3.63, 3.8) is 0 Å². The molecule has 0 saturated carbocycles. The van der Waals surface area contributed by atoms with Crippen molar-refractivity contribution in [2.75, 3.05) is 31.1 Å². The van der Waals surface area contributed by atoms with Gasteiger partial charge in [0.2, 0.25) is 0 Å². The van der Waals surface area contributed by atoms with Crippen LogP contribution >= 0.6 is 0 Å². The van der Waals surface area contributed by atoms with E-state index in [1.54, 1.807) is 0 Å². The molecule has 4 nitrogen and oxygen atoms in total. The van der Waals surface area contributed by atoms with Gasteiger partial charge in [-0.2, -0.15) is 0 Å². The highest BCUT2D eigenvalue weighted by Gasteiger charge is 2.36. The van der Waals surface area contributed by atoms with Crippen LogP contribution in [0.3, 0.4) is 0 Å². The van der Waals surface area contributed by atoms with Gasteiger partial charge in [-0.15, -0.1) is 0 Å². The highest BCUT2D eigenvalue weighted by molar-refractivity contribution is 6.02. The molecule has 27 heavy (non-hydrogen) atoms. The number of anilines is 1. The van der Waals surface area contributed by atoms with Gasteiger partial charge in [0, 0.05) is 13.1 Å². The monoisotopic (exact) mass is 363 g/mol. The first-order valence-corrected chi connectivity index (χ1v) is 10.0. The largest absolute Gasteiger partial charge is 0.347 e. The molecule has 2 aliphatic rings. The Kier molecular flexibility index (Phi) is 4.92. The van der Waals surface area contributed by atoms with Gasteiger partial charge in [0.25, 0.3) is 5.91 Å². The van der Waals surface area contributed by atoms with E-state index in [2.05, 4.69) is 65.4 Å². The first-order chi connectivity index (χ1) is 13.0. The third-order valence-electron chi connectivity index (χ3n) is 6.03. The first kappa shape index (κ1) is 18.1. The lowest BCUT2D eigenvalue weighted by Crippen LogP contribution is -2.61. The second-order valence-electron chi connectivity index (χ2n) is 8.21. The smallest absolute Gasteiger partial charge is 0.255 e. The van der Waals surface area contributed by atoms with Crippen molar-refractivity contribution >= 4 is 11.6 Å². The summed E-state index contributed by atoms with van der Waals surface area (Å²) in [5.74, 6) is 0.712. The van der Waals surface area contributed by atoms with Gasteiger partial charge in [0.05, 0.1) is 11.3 Å². The molecule has 0 radical (unpaired) electrons. The molecule has 2 heterocycles. The van der Waals surface area contributed by atoms with Gasteiger partial charge in [0.15, 0.2) is 0 Å². The Morgan fingerprint density at radius 3 is 2.37 bits per heavy atom. The van der Waals surface area contributed by atoms with Crippen LogP contribution in [-0.2, 0) is 0 Å². The summed E-state index contributed by atoms with van der Waals surface area (Å²) in [5.41, 5.74) is 2.93. The molecule has 1 N–H and O–H groups in total. The summed E-state index contributed by atoms with van der Waals surface area (Å²) in [4.78, 5) is 17.3. The average Bonchev–Trinajstić information content (AvgIpc) is 2.68. The lowest BCUT2D eigenvalue weighted by molar-refractivity contribution is 0.0895. The predicted octanol–water partition coefficient (Wildman–Crippen LogP) is 3.85. The Morgan fingerprint density at radius 1 is 0.963 bits per heavy atom. The highest BCUT2D eigenvalue weighted by Crippen LogP contribution is 2.32. The zero-order chi connectivity index (χ0) is 18.9. The number of carbonyl (C=O) groups excluding carboxylic acids is 1. The van der Waals surface area contributed by atoms with Gasteiger partial charge in [-0.1, -0.05) is 42.5 Å². The van der Waals surface area contributed by atoms with Crippen LogP contribution in [-0.4, -0.2) is 42.6 Å². The van der Waals surface area contributed by atoms with E-state index in [1.807, 2.05) is 18.2 Å². The number of amides is 1. The van der Waals surface area contributed by atoms with Crippen LogP contribution in [0.15, 0.2) is 54.6 Å². The fraction of sp³-hybridized carbons (Fsp3) is 0.435. The standard InChI is InChI=1S/C23H29N3O/c1-23(2)24-22(27)20-10-6-7-11-21(20)26(23)17-16-25-14-12-19(13-15-25)18-8-4-3-5-9-18/h3-11,19H,12-17H2,1-2H3,(H,24,27). The van der Waals surface area contributed by atoms with Crippen molar-refractivity contribution in [2.24, 2.45) is 0 Å². The van der Waals surface area contributed by atoms with E-state index in [-0.39, 0.29) is 11.6 Å². The first-order valence-electron chi connectivity index (χ1n) is 10.0. The van der Waals surface area contributed by atoms with Crippen LogP contribution in [0.2, 0.25) is 0 Å². The van der Waals surface area contributed by atoms with Crippen molar-refractivity contribution in [2.45, 2.75) is 38.3 Å². The van der Waals surface area contributed by atoms with Crippen LogP contribution in [0.25, 0.3) is 0 Å². The van der Waals surface area contributed by atoms with E-state index >= 15 is 0 Å². The SMILES string of the molecule is CC1(C)NC(=O)c2ccccc2N1CCN1CCC(c2ccccc2)CC1. The van der Waals surface area contributed by atoms with Gasteiger partial charge in [0.1, 0.15) is 5.66 Å². The average molecular weight is 364 g/mol. The normalized spacial score (nSPS) is 20.2. The number of hydrogen-bond acceptors (Lipinski definition) is 3. The summed E-state index contributed by atoms with van der Waals surface area (Å²) in [5, 5.41) is 3.15. The number of nitrogens with zero attached hydrogens (tertiary/aromatic N) is 2. The number of benzene rings is 2. The third kappa shape index (κ3) is 3.72. The lowest BCUT2D eigenvalue weighted by Gasteiger charge is -2.46. The fourth-order valence-electron chi connectivity index (χ4n) is 4.47. The van der Waals surface area contributed by atoms with Crippen molar-refractivity contribution in [1.82, 2.24) is 10.2 Å². The number of likely N-dealkylation sites (tertiary alicyclic amines) is 1. The molecule has 142 valence electrons. The molecule has 1 fully saturated rings. The summed E-state index contributed by atoms with van der Waals surface area (Å²) >= 11 is 0. The minimum absolute atomic E-state index is 0.0236. The predicted molar refractivity (Wildman–Crippen MR) is 110 cm³/mol. The van der Waals surface area contributed by atoms with Gasteiger partial charge in [-0.25, -0.2) is 0 Å². The number of fused-ring (bicyclic) bond motifs is 1. The summed E-state index contributed by atoms with van der Waals surface area (Å²) in [6, 6.07) is 18.8. The maximum absolute atomic E-state index is 12.4. The van der Waals surface area contributed by atoms with Gasteiger partial charge in [-0.05, 0) is 63.4 Å². The third-order valence-corrected chi connectivity index (χ3v) is 6.03. The van der Waals surface area contributed by atoms with E-state index < -0.39 is 0 Å². The fourth-order valence-corrected chi connectivity index (χ4v) is 4.47. The molecule has 1 amide bonds. The van der Waals surface area contributed by atoms with Crippen LogP contribution in [0.5, 0.6) is 0 Å². The quantitative estimate of drug-likeness (QED) is 0.896. The topological polar surface area (TPSA) is 35.6 Å². The zero-order valence-corrected chi connectivity index (χ0v) is 16.3. The van der Waals surface area contributed by atoms with Crippen LogP contribution in [0.1, 0.15) is 48.5 Å². The molecule has 0 bridgehead atoms. The molecule has 0 unspecified atom stereocenters. The second kappa shape index (κ2) is 7.35. The number of hydrogen-bond donors (Lipinski definition) is 1. The van der Waals surface area contributed by atoms with E-state index in [0.717, 1.165) is 37.4 Å². The molecule has 0 aromatic heterocycles. The maximum atomic E-state index is 12.4. The Labute approximate surface area is 162 Å². The maximum Gasteiger partial charge on any atom is 0.255 e. The van der Waals surface area contributed by atoms with E-state index in [1.165, 1.54) is 18.4 Å². The number of para-hydroxylation sites is 1. The van der Waals surface area contributed by atoms with Gasteiger partial charge >= 0.3 is 0 Å². The van der Waals surface area contributed by atoms with Crippen LogP contribution < -0.4 is 10.2 Å². The van der Waals surface area contributed by atoms with E-state index in [9.17, 15) is 4.79 Å². The minimum atomic E-state index is -0.367. The molecular weight excluding hydrogens is 334 g/mol. The minimum Gasteiger partial charge on any atom is -0.347 e. The lowest BCUT2D eigenvalue weighted by atomic mass is 9.89. The van der Waals surface area contributed by atoms with Crippen molar-refractivity contribution in [3.05, 3.63) is 65.7 Å². The van der Waals surface area contributed by atoms with Crippen molar-refractivity contribution < 1.29 is 4.79 Å². The number of nitrogens with one attached hydrogen (secondary N) is 1. The summed E-state index contributed by atoms with van der Waals surface area (Å²) in [7, 11) is 0. The van der Waals surface area contributed by atoms with Crippen molar-refractivity contribution in [1.29, 1.82) is 0 Å². The molecular formula is C23H29N3O. The summed E-state index contributed by atoms with van der Waals surface area (Å²) in [6.45, 7) is 8.39. The molecule has 4 heteroatoms. The highest BCUT2D eigenvalue weighted by atomic mass is 16.2.